The lowest BCUT2D eigenvalue weighted by Crippen LogP contribution is -2.18. The summed E-state index contributed by atoms with van der Waals surface area (Å²) in [7, 11) is 0. The van der Waals surface area contributed by atoms with Crippen LogP contribution in [0.15, 0.2) is 60.8 Å². The molecule has 1 aromatic heterocycles. The zero-order valence-corrected chi connectivity index (χ0v) is 16.9. The lowest BCUT2D eigenvalue weighted by atomic mass is 10.1. The maximum Gasteiger partial charge on any atom is 0.573 e. The monoisotopic (exact) mass is 451 g/mol. The van der Waals surface area contributed by atoms with Gasteiger partial charge in [0.15, 0.2) is 11.6 Å². The van der Waals surface area contributed by atoms with Gasteiger partial charge in [-0.25, -0.2) is 4.98 Å². The molecule has 31 heavy (non-hydrogen) atoms. The number of nitrogen functional groups attached to an aromatic ring is 1. The number of amides is 1. The molecule has 3 aromatic rings. The van der Waals surface area contributed by atoms with Crippen molar-refractivity contribution in [2.75, 3.05) is 11.1 Å². The predicted octanol–water partition coefficient (Wildman–Crippen LogP) is 5.61. The van der Waals surface area contributed by atoms with Crippen LogP contribution in [-0.4, -0.2) is 17.3 Å². The number of benzene rings is 2. The average Bonchev–Trinajstić information content (AvgIpc) is 2.70. The van der Waals surface area contributed by atoms with Crippen molar-refractivity contribution in [3.8, 4) is 11.5 Å². The van der Waals surface area contributed by atoms with E-state index in [4.69, 9.17) is 22.1 Å². The number of nitrogens with two attached hydrogens (primary N) is 1. The third-order valence-corrected chi connectivity index (χ3v) is 4.30. The van der Waals surface area contributed by atoms with Crippen molar-refractivity contribution in [3.63, 3.8) is 0 Å². The number of ether oxygens (including phenoxy) is 2. The summed E-state index contributed by atoms with van der Waals surface area (Å²) in [5.74, 6) is -0.581. The molecular weight excluding hydrogens is 435 g/mol. The minimum absolute atomic E-state index is 0.00854. The lowest BCUT2D eigenvalue weighted by Gasteiger charge is -2.17. The minimum atomic E-state index is -4.85. The first-order chi connectivity index (χ1) is 14.6. The van der Waals surface area contributed by atoms with Crippen LogP contribution < -0.4 is 20.5 Å². The van der Waals surface area contributed by atoms with Gasteiger partial charge in [-0.2, -0.15) is 0 Å². The summed E-state index contributed by atoms with van der Waals surface area (Å²) >= 11 is 5.92. The molecule has 3 rings (SSSR count). The molecule has 0 fully saturated rings. The third-order valence-electron chi connectivity index (χ3n) is 4.10. The van der Waals surface area contributed by atoms with Gasteiger partial charge in [0.2, 0.25) is 0 Å². The maximum atomic E-state index is 12.5. The molecule has 6 nitrogen and oxygen atoms in total. The number of nitrogens with zero attached hydrogens (tertiary/aromatic N) is 1. The van der Waals surface area contributed by atoms with Crippen LogP contribution in [-0.2, 0) is 0 Å². The number of alkyl halides is 3. The Morgan fingerprint density at radius 2 is 1.90 bits per heavy atom. The van der Waals surface area contributed by atoms with Crippen molar-refractivity contribution in [1.29, 1.82) is 0 Å². The fourth-order valence-electron chi connectivity index (χ4n) is 2.69. The minimum Gasteiger partial charge on any atom is -0.482 e. The highest BCUT2D eigenvalue weighted by Crippen LogP contribution is 2.29. The first kappa shape index (κ1) is 22.2. The van der Waals surface area contributed by atoms with Gasteiger partial charge in [0, 0.05) is 23.5 Å². The molecular formula is C21H17ClF3N3O3. The smallest absolute Gasteiger partial charge is 0.482 e. The van der Waals surface area contributed by atoms with E-state index in [1.165, 1.54) is 18.3 Å². The molecule has 1 atom stereocenters. The van der Waals surface area contributed by atoms with Crippen molar-refractivity contribution < 1.29 is 27.4 Å². The topological polar surface area (TPSA) is 86.5 Å². The summed E-state index contributed by atoms with van der Waals surface area (Å²) < 4.78 is 46.8. The fourth-order valence-corrected chi connectivity index (χ4v) is 2.84. The Morgan fingerprint density at radius 1 is 1.16 bits per heavy atom. The first-order valence-electron chi connectivity index (χ1n) is 8.95. The summed E-state index contributed by atoms with van der Waals surface area (Å²) in [5, 5.41) is 3.01. The first-order valence-corrected chi connectivity index (χ1v) is 9.33. The fraction of sp³-hybridized carbons (Fsp3) is 0.143. The Morgan fingerprint density at radius 3 is 2.65 bits per heavy atom. The molecule has 10 heteroatoms. The molecule has 0 saturated heterocycles. The zero-order valence-electron chi connectivity index (χ0n) is 16.1. The van der Waals surface area contributed by atoms with E-state index in [1.807, 2.05) is 0 Å². The van der Waals surface area contributed by atoms with Gasteiger partial charge in [0.1, 0.15) is 11.9 Å². The largest absolute Gasteiger partial charge is 0.573 e. The van der Waals surface area contributed by atoms with Gasteiger partial charge in [-0.1, -0.05) is 29.8 Å². The SMILES string of the molecule is CC(Oc1cc(Cl)cnc1N)c1cccc(NC(=O)c2cccc(OC(F)(F)F)c2)c1. The second-order valence-corrected chi connectivity index (χ2v) is 6.89. The van der Waals surface area contributed by atoms with E-state index in [0.717, 1.165) is 12.1 Å². The molecule has 0 aliphatic carbocycles. The number of nitrogens with one attached hydrogen (secondary N) is 1. The Labute approximate surface area is 180 Å². The molecule has 1 amide bonds. The molecule has 1 unspecified atom stereocenters. The van der Waals surface area contributed by atoms with E-state index in [9.17, 15) is 18.0 Å². The predicted molar refractivity (Wildman–Crippen MR) is 110 cm³/mol. The maximum absolute atomic E-state index is 12.5. The number of carbonyl (C=O) groups is 1. The van der Waals surface area contributed by atoms with E-state index in [1.54, 1.807) is 37.3 Å². The van der Waals surface area contributed by atoms with Gasteiger partial charge in [0.05, 0.1) is 5.02 Å². The van der Waals surface area contributed by atoms with Crippen molar-refractivity contribution in [1.82, 2.24) is 4.98 Å². The van der Waals surface area contributed by atoms with Crippen LogP contribution in [0.25, 0.3) is 0 Å². The number of carbonyl (C=O) groups excluding carboxylic acids is 1. The lowest BCUT2D eigenvalue weighted by molar-refractivity contribution is -0.274. The highest BCUT2D eigenvalue weighted by Gasteiger charge is 2.31. The number of pyridine rings is 1. The quantitative estimate of drug-likeness (QED) is 0.509. The Balaban J connectivity index is 1.72. The van der Waals surface area contributed by atoms with Gasteiger partial charge in [-0.05, 0) is 42.8 Å². The molecule has 0 bridgehead atoms. The number of halogens is 4. The number of hydrogen-bond donors (Lipinski definition) is 2. The summed E-state index contributed by atoms with van der Waals surface area (Å²) in [6.07, 6.45) is -3.90. The van der Waals surface area contributed by atoms with Crippen LogP contribution in [0.2, 0.25) is 5.02 Å². The molecule has 0 aliphatic heterocycles. The summed E-state index contributed by atoms with van der Waals surface area (Å²) in [4.78, 5) is 16.4. The summed E-state index contributed by atoms with van der Waals surface area (Å²) in [5.41, 5.74) is 6.94. The summed E-state index contributed by atoms with van der Waals surface area (Å²) in [6, 6.07) is 13.1. The van der Waals surface area contributed by atoms with Crippen molar-refractivity contribution in [3.05, 3.63) is 76.9 Å². The van der Waals surface area contributed by atoms with Crippen molar-refractivity contribution in [2.24, 2.45) is 0 Å². The third kappa shape index (κ3) is 6.26. The molecule has 1 heterocycles. The highest BCUT2D eigenvalue weighted by atomic mass is 35.5. The van der Waals surface area contributed by atoms with Gasteiger partial charge in [-0.15, -0.1) is 13.2 Å². The van der Waals surface area contributed by atoms with Crippen LogP contribution in [0.4, 0.5) is 24.7 Å². The van der Waals surface area contributed by atoms with Gasteiger partial charge < -0.3 is 20.5 Å². The van der Waals surface area contributed by atoms with E-state index < -0.39 is 24.1 Å². The van der Waals surface area contributed by atoms with Gasteiger partial charge in [0.25, 0.3) is 5.91 Å². The van der Waals surface area contributed by atoms with E-state index in [-0.39, 0.29) is 11.4 Å². The van der Waals surface area contributed by atoms with E-state index in [0.29, 0.717) is 22.0 Å². The van der Waals surface area contributed by atoms with E-state index >= 15 is 0 Å². The van der Waals surface area contributed by atoms with Crippen LogP contribution in [0.3, 0.4) is 0 Å². The van der Waals surface area contributed by atoms with E-state index in [2.05, 4.69) is 15.0 Å². The number of rotatable bonds is 6. The number of hydrogen-bond acceptors (Lipinski definition) is 5. The van der Waals surface area contributed by atoms with Crippen LogP contribution in [0.1, 0.15) is 28.9 Å². The van der Waals surface area contributed by atoms with Crippen molar-refractivity contribution >= 4 is 29.0 Å². The standard InChI is InChI=1S/C21H17ClF3N3O3/c1-12(30-18-10-15(22)11-27-19(18)26)13-4-2-6-16(8-13)28-20(29)14-5-3-7-17(9-14)31-21(23,24)25/h2-12H,1H3,(H2,26,27)(H,28,29). The summed E-state index contributed by atoms with van der Waals surface area (Å²) in [6.45, 7) is 1.78. The highest BCUT2D eigenvalue weighted by molar-refractivity contribution is 6.30. The molecule has 2 aromatic carbocycles. The molecule has 162 valence electrons. The zero-order chi connectivity index (χ0) is 22.6. The van der Waals surface area contributed by atoms with Crippen LogP contribution in [0, 0.1) is 0 Å². The average molecular weight is 452 g/mol. The van der Waals surface area contributed by atoms with Gasteiger partial charge >= 0.3 is 6.36 Å². The molecule has 0 spiro atoms. The molecule has 0 radical (unpaired) electrons. The Bertz CT molecular complexity index is 1090. The Kier molecular flexibility index (Phi) is 6.55. The van der Waals surface area contributed by atoms with Crippen LogP contribution >= 0.6 is 11.6 Å². The molecule has 3 N–H and O–H groups in total. The second-order valence-electron chi connectivity index (χ2n) is 6.45. The van der Waals surface area contributed by atoms with Gasteiger partial charge in [-0.3, -0.25) is 4.79 Å². The molecule has 0 aliphatic rings. The van der Waals surface area contributed by atoms with Crippen LogP contribution in [0.5, 0.6) is 11.5 Å². The van der Waals surface area contributed by atoms with Crippen molar-refractivity contribution in [2.45, 2.75) is 19.4 Å². The number of aromatic nitrogens is 1. The Hall–Kier alpha value is -3.46. The number of anilines is 2. The second kappa shape index (κ2) is 9.13. The normalized spacial score (nSPS) is 12.2. The molecule has 0 saturated carbocycles.